The van der Waals surface area contributed by atoms with E-state index in [4.69, 9.17) is 18.9 Å². The van der Waals surface area contributed by atoms with Gasteiger partial charge >= 0.3 is 24.2 Å². The number of ether oxygens (including phenoxy) is 4. The Labute approximate surface area is 241 Å². The van der Waals surface area contributed by atoms with Crippen LogP contribution in [0.1, 0.15) is 64.9 Å². The van der Waals surface area contributed by atoms with E-state index in [0.29, 0.717) is 45.1 Å². The number of nitrogens with zero attached hydrogens (tertiary/aromatic N) is 2. The molecule has 2 atom stereocenters. The van der Waals surface area contributed by atoms with Crippen molar-refractivity contribution in [3.63, 3.8) is 0 Å². The Hall–Kier alpha value is -3.54. The lowest BCUT2D eigenvalue weighted by Gasteiger charge is -2.41. The van der Waals surface area contributed by atoms with Crippen LogP contribution in [0.15, 0.2) is 30.3 Å². The fourth-order valence-corrected chi connectivity index (χ4v) is 5.11. The Morgan fingerprint density at radius 3 is 2.34 bits per heavy atom. The highest BCUT2D eigenvalue weighted by atomic mass is 16.6. The Morgan fingerprint density at radius 1 is 1.02 bits per heavy atom. The molecular weight excluding hydrogens is 534 g/mol. The summed E-state index contributed by atoms with van der Waals surface area (Å²) in [7, 11) is 1.64. The maximum absolute atomic E-state index is 12.5. The van der Waals surface area contributed by atoms with Crippen LogP contribution in [-0.2, 0) is 30.3 Å². The van der Waals surface area contributed by atoms with Crippen molar-refractivity contribution in [1.29, 1.82) is 0 Å². The van der Waals surface area contributed by atoms with Gasteiger partial charge in [0.05, 0.1) is 24.8 Å². The minimum absolute atomic E-state index is 0.0746. The number of rotatable bonds is 9. The molecule has 12 nitrogen and oxygen atoms in total. The molecule has 1 aliphatic heterocycles. The zero-order valence-electron chi connectivity index (χ0n) is 24.4. The van der Waals surface area contributed by atoms with Gasteiger partial charge in [-0.3, -0.25) is 0 Å². The van der Waals surface area contributed by atoms with Gasteiger partial charge in [0.1, 0.15) is 12.2 Å². The van der Waals surface area contributed by atoms with E-state index in [1.165, 1.54) is 9.80 Å². The zero-order valence-corrected chi connectivity index (χ0v) is 24.4. The quantitative estimate of drug-likeness (QED) is 0.326. The molecule has 0 aromatic heterocycles. The average Bonchev–Trinajstić information content (AvgIpc) is 2.93. The predicted molar refractivity (Wildman–Crippen MR) is 148 cm³/mol. The van der Waals surface area contributed by atoms with Gasteiger partial charge in [0.15, 0.2) is 6.61 Å². The van der Waals surface area contributed by atoms with Crippen molar-refractivity contribution in [2.75, 3.05) is 26.8 Å². The van der Waals surface area contributed by atoms with Gasteiger partial charge in [-0.25, -0.2) is 19.2 Å². The Bertz CT molecular complexity index is 1020. The SMILES string of the molecule is CN(C(=O)OCC(=O)OCc1ccccc1)C1CCC(OC[C@H]2[C@@H](NC(=O)OC(C)(C)C)CCCN2C(=O)O)CC1. The summed E-state index contributed by atoms with van der Waals surface area (Å²) in [5, 5.41) is 12.6. The number of carbonyl (C=O) groups is 4. The van der Waals surface area contributed by atoms with Gasteiger partial charge < -0.3 is 39.2 Å². The maximum Gasteiger partial charge on any atom is 0.410 e. The smallest absolute Gasteiger partial charge is 0.410 e. The molecule has 3 rings (SSSR count). The third kappa shape index (κ3) is 10.4. The van der Waals surface area contributed by atoms with E-state index in [1.807, 2.05) is 30.3 Å². The van der Waals surface area contributed by atoms with Crippen molar-refractivity contribution < 1.29 is 43.2 Å². The van der Waals surface area contributed by atoms with Crippen LogP contribution in [0.25, 0.3) is 0 Å². The van der Waals surface area contributed by atoms with Gasteiger partial charge in [0.2, 0.25) is 0 Å². The van der Waals surface area contributed by atoms with Crippen LogP contribution in [0.4, 0.5) is 14.4 Å². The van der Waals surface area contributed by atoms with Gasteiger partial charge in [-0.1, -0.05) is 30.3 Å². The number of alkyl carbamates (subject to hydrolysis) is 1. The first-order chi connectivity index (χ1) is 19.4. The molecule has 0 radical (unpaired) electrons. The van der Waals surface area contributed by atoms with E-state index in [9.17, 15) is 24.3 Å². The molecule has 1 aromatic rings. The zero-order chi connectivity index (χ0) is 30.0. The summed E-state index contributed by atoms with van der Waals surface area (Å²) in [4.78, 5) is 51.6. The van der Waals surface area contributed by atoms with Crippen molar-refractivity contribution in [3.8, 4) is 0 Å². The predicted octanol–water partition coefficient (Wildman–Crippen LogP) is 4.16. The molecule has 1 aliphatic carbocycles. The average molecular weight is 578 g/mol. The van der Waals surface area contributed by atoms with Crippen molar-refractivity contribution in [1.82, 2.24) is 15.1 Å². The van der Waals surface area contributed by atoms with E-state index < -0.39 is 48.5 Å². The number of carboxylic acid groups (broad SMARTS) is 1. The van der Waals surface area contributed by atoms with E-state index in [0.717, 1.165) is 5.56 Å². The second kappa shape index (κ2) is 14.9. The van der Waals surface area contributed by atoms with Crippen LogP contribution in [0, 0.1) is 0 Å². The number of benzene rings is 1. The molecule has 1 saturated heterocycles. The van der Waals surface area contributed by atoms with E-state index in [-0.39, 0.29) is 25.4 Å². The standard InChI is InChI=1S/C29H43N3O9/c1-29(2,3)41-26(34)30-23-11-8-16-32(27(35)36)24(23)18-38-22-14-12-21(13-15-22)31(4)28(37)40-19-25(33)39-17-20-9-6-5-7-10-20/h5-7,9-10,21-24H,8,11-19H2,1-4H3,(H,30,34)(H,35,36)/t21?,22?,23-,24-/m0/s1. The molecule has 0 bridgehead atoms. The normalized spacial score (nSPS) is 22.8. The number of hydrogen-bond acceptors (Lipinski definition) is 8. The largest absolute Gasteiger partial charge is 0.465 e. The molecule has 2 aliphatic rings. The summed E-state index contributed by atoms with van der Waals surface area (Å²) in [5.74, 6) is -0.620. The second-order valence-electron chi connectivity index (χ2n) is 11.5. The van der Waals surface area contributed by atoms with Gasteiger partial charge in [-0.15, -0.1) is 0 Å². The molecule has 41 heavy (non-hydrogen) atoms. The van der Waals surface area contributed by atoms with Crippen molar-refractivity contribution in [3.05, 3.63) is 35.9 Å². The lowest BCUT2D eigenvalue weighted by Crippen LogP contribution is -2.59. The first kappa shape index (κ1) is 32.0. The Balaban J connectivity index is 1.42. The molecule has 0 spiro atoms. The van der Waals surface area contributed by atoms with Gasteiger partial charge in [0, 0.05) is 19.6 Å². The van der Waals surface area contributed by atoms with Crippen LogP contribution >= 0.6 is 0 Å². The first-order valence-corrected chi connectivity index (χ1v) is 14.1. The summed E-state index contributed by atoms with van der Waals surface area (Å²) >= 11 is 0. The highest BCUT2D eigenvalue weighted by molar-refractivity contribution is 5.75. The Kier molecular flexibility index (Phi) is 11.6. The molecule has 0 unspecified atom stereocenters. The minimum Gasteiger partial charge on any atom is -0.465 e. The molecule has 1 aromatic carbocycles. The number of nitrogens with one attached hydrogen (secondary N) is 1. The summed E-state index contributed by atoms with van der Waals surface area (Å²) in [6, 6.07) is 8.20. The first-order valence-electron chi connectivity index (χ1n) is 14.1. The lowest BCUT2D eigenvalue weighted by atomic mass is 9.92. The molecule has 2 fully saturated rings. The molecule has 3 amide bonds. The third-order valence-corrected chi connectivity index (χ3v) is 7.27. The van der Waals surface area contributed by atoms with Crippen molar-refractivity contribution >= 4 is 24.2 Å². The van der Waals surface area contributed by atoms with Crippen LogP contribution in [0.3, 0.4) is 0 Å². The summed E-state index contributed by atoms with van der Waals surface area (Å²) in [6.45, 7) is 5.47. The topological polar surface area (TPSA) is 144 Å². The third-order valence-electron chi connectivity index (χ3n) is 7.27. The number of piperidine rings is 1. The molecule has 228 valence electrons. The van der Waals surface area contributed by atoms with Crippen molar-refractivity contribution in [2.45, 2.75) is 95.7 Å². The van der Waals surface area contributed by atoms with Crippen LogP contribution in [0.2, 0.25) is 0 Å². The van der Waals surface area contributed by atoms with E-state index in [2.05, 4.69) is 5.32 Å². The lowest BCUT2D eigenvalue weighted by molar-refractivity contribution is -0.148. The molecule has 2 N–H and O–H groups in total. The number of likely N-dealkylation sites (tertiary alicyclic amines) is 1. The number of amides is 3. The van der Waals surface area contributed by atoms with E-state index >= 15 is 0 Å². The van der Waals surface area contributed by atoms with Crippen LogP contribution in [-0.4, -0.2) is 95.8 Å². The maximum atomic E-state index is 12.5. The molecular formula is C29H43N3O9. The highest BCUT2D eigenvalue weighted by Crippen LogP contribution is 2.27. The fourth-order valence-electron chi connectivity index (χ4n) is 5.11. The molecule has 1 heterocycles. The summed E-state index contributed by atoms with van der Waals surface area (Å²) < 4.78 is 21.8. The van der Waals surface area contributed by atoms with E-state index in [1.54, 1.807) is 27.8 Å². The van der Waals surface area contributed by atoms with Gasteiger partial charge in [-0.05, 0) is 64.9 Å². The second-order valence-corrected chi connectivity index (χ2v) is 11.5. The summed E-state index contributed by atoms with van der Waals surface area (Å²) in [6.07, 6.45) is 1.59. The highest BCUT2D eigenvalue weighted by Gasteiger charge is 2.37. The number of esters is 1. The minimum atomic E-state index is -1.05. The Morgan fingerprint density at radius 2 is 1.71 bits per heavy atom. The van der Waals surface area contributed by atoms with Crippen LogP contribution < -0.4 is 5.32 Å². The van der Waals surface area contributed by atoms with Crippen molar-refractivity contribution in [2.24, 2.45) is 0 Å². The molecule has 1 saturated carbocycles. The fraction of sp³-hybridized carbons (Fsp3) is 0.655. The number of carbonyl (C=O) groups excluding carboxylic acids is 3. The van der Waals surface area contributed by atoms with Crippen LogP contribution in [0.5, 0.6) is 0 Å². The molecule has 12 heteroatoms. The summed E-state index contributed by atoms with van der Waals surface area (Å²) in [5.41, 5.74) is 0.179. The van der Waals surface area contributed by atoms with Gasteiger partial charge in [0.25, 0.3) is 0 Å². The number of hydrogen-bond donors (Lipinski definition) is 2. The van der Waals surface area contributed by atoms with Gasteiger partial charge in [-0.2, -0.15) is 0 Å². The monoisotopic (exact) mass is 577 g/mol.